The number of thioether (sulfide) groups is 1. The maximum Gasteiger partial charge on any atom is 0.315 e. The Morgan fingerprint density at radius 1 is 1.39 bits per heavy atom. The van der Waals surface area contributed by atoms with Crippen LogP contribution in [0.5, 0.6) is 0 Å². The van der Waals surface area contributed by atoms with E-state index in [0.717, 1.165) is 18.5 Å². The van der Waals surface area contributed by atoms with Gasteiger partial charge in [0.25, 0.3) is 0 Å². The van der Waals surface area contributed by atoms with Crippen molar-refractivity contribution in [2.75, 3.05) is 6.26 Å². The molecule has 0 spiro atoms. The molecular weight excluding hydrogens is 308 g/mol. The number of nitrogens with one attached hydrogen (secondary N) is 2. The van der Waals surface area contributed by atoms with Crippen LogP contribution in [0.2, 0.25) is 0 Å². The normalized spacial score (nSPS) is 22.7. The van der Waals surface area contributed by atoms with Crippen molar-refractivity contribution in [3.63, 3.8) is 0 Å². The molecule has 1 fully saturated rings. The van der Waals surface area contributed by atoms with Crippen LogP contribution in [0.1, 0.15) is 49.6 Å². The summed E-state index contributed by atoms with van der Waals surface area (Å²) in [5.74, 6) is 0. The zero-order valence-electron chi connectivity index (χ0n) is 15.0. The lowest BCUT2D eigenvalue weighted by molar-refractivity contribution is 0.230. The summed E-state index contributed by atoms with van der Waals surface area (Å²) in [6.45, 7) is 6.16. The minimum atomic E-state index is -0.0392. The van der Waals surface area contributed by atoms with E-state index < -0.39 is 0 Å². The van der Waals surface area contributed by atoms with Crippen molar-refractivity contribution < 1.29 is 4.79 Å². The predicted octanol–water partition coefficient (Wildman–Crippen LogP) is 2.94. The number of aryl methyl sites for hydroxylation is 2. The molecule has 2 rings (SSSR count). The number of aromatic nitrogens is 2. The standard InChI is InChI=1S/C17H30N4OS/c1-11(10-14-12(2)20-21(4)13(14)3)18-17(22)19-15-8-6-7-9-16(15)23-5/h11,15-16H,6-10H2,1-5H3,(H2,18,19,22)/t11-,15+,16+/m0/s1. The van der Waals surface area contributed by atoms with Crippen molar-refractivity contribution >= 4 is 17.8 Å². The molecule has 3 atom stereocenters. The van der Waals surface area contributed by atoms with E-state index in [1.165, 1.54) is 30.5 Å². The number of amides is 2. The molecule has 0 aliphatic heterocycles. The lowest BCUT2D eigenvalue weighted by atomic mass is 9.95. The molecule has 0 unspecified atom stereocenters. The van der Waals surface area contributed by atoms with Gasteiger partial charge in [0.1, 0.15) is 0 Å². The number of hydrogen-bond donors (Lipinski definition) is 2. The van der Waals surface area contributed by atoms with Crippen molar-refractivity contribution in [2.45, 2.75) is 70.2 Å². The molecule has 2 N–H and O–H groups in total. The molecule has 1 aliphatic carbocycles. The lowest BCUT2D eigenvalue weighted by Crippen LogP contribution is -2.50. The molecule has 1 aliphatic rings. The Bertz CT molecular complexity index is 543. The molecule has 6 heteroatoms. The topological polar surface area (TPSA) is 59.0 Å². The fraction of sp³-hybridized carbons (Fsp3) is 0.765. The molecule has 0 radical (unpaired) electrons. The molecule has 2 amide bonds. The Morgan fingerprint density at radius 2 is 2.09 bits per heavy atom. The average molecular weight is 339 g/mol. The molecule has 0 bridgehead atoms. The van der Waals surface area contributed by atoms with Crippen molar-refractivity contribution in [2.24, 2.45) is 7.05 Å². The molecule has 0 aromatic carbocycles. The van der Waals surface area contributed by atoms with Crippen LogP contribution in [0.3, 0.4) is 0 Å². The number of nitrogens with zero attached hydrogens (tertiary/aromatic N) is 2. The molecule has 130 valence electrons. The van der Waals surface area contributed by atoms with E-state index in [1.807, 2.05) is 30.4 Å². The molecule has 1 saturated carbocycles. The van der Waals surface area contributed by atoms with Crippen LogP contribution in [0.25, 0.3) is 0 Å². The Labute approximate surface area is 144 Å². The quantitative estimate of drug-likeness (QED) is 0.868. The van der Waals surface area contributed by atoms with Gasteiger partial charge in [-0.1, -0.05) is 12.8 Å². The SMILES string of the molecule is CS[C@@H]1CCCC[C@H]1NC(=O)N[C@@H](C)Cc1c(C)nn(C)c1C. The van der Waals surface area contributed by atoms with Crippen LogP contribution >= 0.6 is 11.8 Å². The van der Waals surface area contributed by atoms with Gasteiger partial charge < -0.3 is 10.6 Å². The van der Waals surface area contributed by atoms with Gasteiger partial charge in [-0.2, -0.15) is 16.9 Å². The van der Waals surface area contributed by atoms with Crippen molar-refractivity contribution in [3.8, 4) is 0 Å². The summed E-state index contributed by atoms with van der Waals surface area (Å²) < 4.78 is 1.91. The number of rotatable bonds is 5. The third-order valence-electron chi connectivity index (χ3n) is 4.87. The molecule has 5 nitrogen and oxygen atoms in total. The molecule has 1 heterocycles. The first-order chi connectivity index (χ1) is 10.9. The first-order valence-electron chi connectivity index (χ1n) is 8.51. The van der Waals surface area contributed by atoms with Gasteiger partial charge in [0.05, 0.1) is 5.69 Å². The Kier molecular flexibility index (Phi) is 6.39. The first-order valence-corrected chi connectivity index (χ1v) is 9.80. The number of carbonyl (C=O) groups excluding carboxylic acids is 1. The molecular formula is C17H30N4OS. The van der Waals surface area contributed by atoms with Gasteiger partial charge >= 0.3 is 6.03 Å². The molecule has 1 aromatic heterocycles. The van der Waals surface area contributed by atoms with Gasteiger partial charge in [-0.15, -0.1) is 0 Å². The summed E-state index contributed by atoms with van der Waals surface area (Å²) in [6, 6.07) is 0.350. The zero-order chi connectivity index (χ0) is 17.0. The highest BCUT2D eigenvalue weighted by atomic mass is 32.2. The van der Waals surface area contributed by atoms with Gasteiger partial charge in [0.2, 0.25) is 0 Å². The lowest BCUT2D eigenvalue weighted by Gasteiger charge is -2.31. The van der Waals surface area contributed by atoms with Crippen molar-refractivity contribution in [3.05, 3.63) is 17.0 Å². The summed E-state index contributed by atoms with van der Waals surface area (Å²) in [5.41, 5.74) is 3.46. The first kappa shape index (κ1) is 18.2. The second-order valence-electron chi connectivity index (χ2n) is 6.66. The van der Waals surface area contributed by atoms with Gasteiger partial charge in [0, 0.05) is 30.1 Å². The molecule has 0 saturated heterocycles. The number of hydrogen-bond acceptors (Lipinski definition) is 3. The minimum Gasteiger partial charge on any atom is -0.335 e. The van der Waals surface area contributed by atoms with Gasteiger partial charge in [-0.25, -0.2) is 4.79 Å². The minimum absolute atomic E-state index is 0.0392. The second-order valence-corrected chi connectivity index (χ2v) is 7.74. The highest BCUT2D eigenvalue weighted by Gasteiger charge is 2.26. The van der Waals surface area contributed by atoms with Gasteiger partial charge in [-0.05, 0) is 51.9 Å². The molecule has 1 aromatic rings. The maximum atomic E-state index is 12.3. The van der Waals surface area contributed by atoms with Crippen LogP contribution in [0, 0.1) is 13.8 Å². The van der Waals surface area contributed by atoms with Crippen LogP contribution in [0.4, 0.5) is 4.79 Å². The average Bonchev–Trinajstić information content (AvgIpc) is 2.74. The summed E-state index contributed by atoms with van der Waals surface area (Å²) in [7, 11) is 1.96. The van der Waals surface area contributed by atoms with E-state index in [-0.39, 0.29) is 12.1 Å². The fourth-order valence-corrected chi connectivity index (χ4v) is 4.38. The second kappa shape index (κ2) is 8.08. The van der Waals surface area contributed by atoms with Crippen LogP contribution in [0.15, 0.2) is 0 Å². The summed E-state index contributed by atoms with van der Waals surface area (Å²) >= 11 is 1.87. The highest BCUT2D eigenvalue weighted by Crippen LogP contribution is 2.27. The number of urea groups is 1. The summed E-state index contributed by atoms with van der Waals surface area (Å²) in [4.78, 5) is 12.3. The van der Waals surface area contributed by atoms with Crippen molar-refractivity contribution in [1.29, 1.82) is 0 Å². The smallest absolute Gasteiger partial charge is 0.315 e. The van der Waals surface area contributed by atoms with E-state index in [9.17, 15) is 4.79 Å². The molecule has 23 heavy (non-hydrogen) atoms. The Morgan fingerprint density at radius 3 is 2.70 bits per heavy atom. The van der Waals surface area contributed by atoms with E-state index in [1.54, 1.807) is 0 Å². The monoisotopic (exact) mass is 338 g/mol. The third-order valence-corrected chi connectivity index (χ3v) is 6.04. The van der Waals surface area contributed by atoms with E-state index in [0.29, 0.717) is 11.3 Å². The van der Waals surface area contributed by atoms with E-state index in [4.69, 9.17) is 0 Å². The highest BCUT2D eigenvalue weighted by molar-refractivity contribution is 7.99. The largest absolute Gasteiger partial charge is 0.335 e. The Hall–Kier alpha value is -1.17. The van der Waals surface area contributed by atoms with Crippen LogP contribution < -0.4 is 10.6 Å². The summed E-state index contributed by atoms with van der Waals surface area (Å²) in [6.07, 6.45) is 7.74. The van der Waals surface area contributed by atoms with E-state index >= 15 is 0 Å². The summed E-state index contributed by atoms with van der Waals surface area (Å²) in [5, 5.41) is 11.3. The van der Waals surface area contributed by atoms with Crippen LogP contribution in [-0.2, 0) is 13.5 Å². The predicted molar refractivity (Wildman–Crippen MR) is 97.1 cm³/mol. The maximum absolute atomic E-state index is 12.3. The Balaban J connectivity index is 1.87. The third kappa shape index (κ3) is 4.66. The fourth-order valence-electron chi connectivity index (χ4n) is 3.45. The van der Waals surface area contributed by atoms with Gasteiger partial charge in [-0.3, -0.25) is 4.68 Å². The van der Waals surface area contributed by atoms with E-state index in [2.05, 4.69) is 35.8 Å². The zero-order valence-corrected chi connectivity index (χ0v) is 15.8. The van der Waals surface area contributed by atoms with Crippen molar-refractivity contribution in [1.82, 2.24) is 20.4 Å². The van der Waals surface area contributed by atoms with Gasteiger partial charge in [0.15, 0.2) is 0 Å². The number of carbonyl (C=O) groups is 1. The van der Waals surface area contributed by atoms with Crippen LogP contribution in [-0.4, -0.2) is 39.4 Å².